The second-order valence-electron chi connectivity index (χ2n) is 5.22. The Morgan fingerprint density at radius 3 is 2.68 bits per heavy atom. The van der Waals surface area contributed by atoms with Crippen molar-refractivity contribution in [2.24, 2.45) is 0 Å². The number of aromatic nitrogens is 2. The van der Waals surface area contributed by atoms with E-state index in [2.05, 4.69) is 19.8 Å². The Morgan fingerprint density at radius 1 is 1.23 bits per heavy atom. The quantitative estimate of drug-likeness (QED) is 0.851. The summed E-state index contributed by atoms with van der Waals surface area (Å²) in [5.74, 6) is 1.09. The van der Waals surface area contributed by atoms with Crippen molar-refractivity contribution in [3.8, 4) is 0 Å². The highest BCUT2D eigenvalue weighted by atomic mass is 32.1. The Kier molecular flexibility index (Phi) is 4.65. The van der Waals surface area contributed by atoms with Gasteiger partial charge in [0.1, 0.15) is 5.82 Å². The molecule has 0 spiro atoms. The van der Waals surface area contributed by atoms with Crippen LogP contribution in [-0.4, -0.2) is 60.5 Å². The first kappa shape index (κ1) is 14.9. The molecule has 2 aromatic rings. The van der Waals surface area contributed by atoms with Gasteiger partial charge in [-0.2, -0.15) is 0 Å². The number of piperazine rings is 1. The fourth-order valence-electron chi connectivity index (χ4n) is 2.46. The zero-order valence-corrected chi connectivity index (χ0v) is 13.4. The number of pyridine rings is 1. The van der Waals surface area contributed by atoms with E-state index in [1.54, 1.807) is 18.1 Å². The lowest BCUT2D eigenvalue weighted by Gasteiger charge is -2.35. The first-order valence-corrected chi connectivity index (χ1v) is 8.16. The maximum atomic E-state index is 12.3. The molecule has 1 amide bonds. The summed E-state index contributed by atoms with van der Waals surface area (Å²) < 4.78 is 0. The minimum Gasteiger partial charge on any atom is -0.354 e. The molecular formula is C15H19N5OS. The fourth-order valence-corrected chi connectivity index (χ4v) is 3.09. The molecule has 116 valence electrons. The van der Waals surface area contributed by atoms with E-state index in [1.807, 2.05) is 29.8 Å². The third-order valence-corrected chi connectivity index (χ3v) is 4.63. The van der Waals surface area contributed by atoms with Gasteiger partial charge >= 0.3 is 0 Å². The van der Waals surface area contributed by atoms with Gasteiger partial charge in [-0.1, -0.05) is 6.07 Å². The molecule has 22 heavy (non-hydrogen) atoms. The fraction of sp³-hybridized carbons (Fsp3) is 0.400. The lowest BCUT2D eigenvalue weighted by molar-refractivity contribution is -0.119. The molecule has 3 heterocycles. The van der Waals surface area contributed by atoms with E-state index >= 15 is 0 Å². The zero-order valence-electron chi connectivity index (χ0n) is 12.6. The molecule has 0 atom stereocenters. The van der Waals surface area contributed by atoms with Gasteiger partial charge in [-0.25, -0.2) is 9.97 Å². The Morgan fingerprint density at radius 2 is 2.05 bits per heavy atom. The maximum Gasteiger partial charge on any atom is 0.242 e. The van der Waals surface area contributed by atoms with Crippen molar-refractivity contribution in [3.05, 3.63) is 36.0 Å². The van der Waals surface area contributed by atoms with E-state index in [9.17, 15) is 4.79 Å². The molecule has 7 heteroatoms. The van der Waals surface area contributed by atoms with Crippen molar-refractivity contribution in [2.75, 3.05) is 49.6 Å². The van der Waals surface area contributed by atoms with Gasteiger partial charge in [0.05, 0.1) is 6.54 Å². The van der Waals surface area contributed by atoms with Gasteiger partial charge in [0.15, 0.2) is 5.13 Å². The number of hydrogen-bond acceptors (Lipinski definition) is 6. The molecule has 0 aliphatic carbocycles. The van der Waals surface area contributed by atoms with Gasteiger partial charge in [-0.3, -0.25) is 14.6 Å². The van der Waals surface area contributed by atoms with Gasteiger partial charge in [-0.15, -0.1) is 11.3 Å². The third-order valence-electron chi connectivity index (χ3n) is 3.78. The summed E-state index contributed by atoms with van der Waals surface area (Å²) in [7, 11) is 1.78. The summed E-state index contributed by atoms with van der Waals surface area (Å²) in [5, 5.41) is 2.63. The molecule has 0 bridgehead atoms. The SMILES string of the molecule is CN(C(=O)CN1CCN(c2ccccn2)CC1)c1nccs1. The summed E-state index contributed by atoms with van der Waals surface area (Å²) >= 11 is 1.48. The number of carbonyl (C=O) groups is 1. The summed E-state index contributed by atoms with van der Waals surface area (Å²) in [6.07, 6.45) is 3.53. The minimum absolute atomic E-state index is 0.0845. The highest BCUT2D eigenvalue weighted by Crippen LogP contribution is 2.16. The van der Waals surface area contributed by atoms with Crippen LogP contribution in [0, 0.1) is 0 Å². The van der Waals surface area contributed by atoms with Crippen LogP contribution in [0.25, 0.3) is 0 Å². The van der Waals surface area contributed by atoms with Crippen molar-refractivity contribution in [3.63, 3.8) is 0 Å². The topological polar surface area (TPSA) is 52.6 Å². The van der Waals surface area contributed by atoms with Crippen LogP contribution < -0.4 is 9.80 Å². The largest absolute Gasteiger partial charge is 0.354 e. The molecule has 0 aromatic carbocycles. The first-order chi connectivity index (χ1) is 10.7. The summed E-state index contributed by atoms with van der Waals surface area (Å²) in [4.78, 5) is 26.9. The normalized spacial score (nSPS) is 15.8. The number of rotatable bonds is 4. The molecule has 0 saturated carbocycles. The first-order valence-electron chi connectivity index (χ1n) is 7.28. The van der Waals surface area contributed by atoms with Crippen molar-refractivity contribution in [1.29, 1.82) is 0 Å². The smallest absolute Gasteiger partial charge is 0.242 e. The molecule has 1 fully saturated rings. The molecule has 0 radical (unpaired) electrons. The molecule has 3 rings (SSSR count). The van der Waals surface area contributed by atoms with Crippen molar-refractivity contribution in [2.45, 2.75) is 0 Å². The van der Waals surface area contributed by atoms with Gasteiger partial charge < -0.3 is 4.90 Å². The van der Waals surface area contributed by atoms with Crippen LogP contribution in [0.5, 0.6) is 0 Å². The Bertz CT molecular complexity index is 596. The van der Waals surface area contributed by atoms with Gasteiger partial charge in [0.25, 0.3) is 0 Å². The number of carbonyl (C=O) groups excluding carboxylic acids is 1. The van der Waals surface area contributed by atoms with E-state index in [-0.39, 0.29) is 5.91 Å². The Labute approximate surface area is 134 Å². The molecule has 0 unspecified atom stereocenters. The molecule has 1 saturated heterocycles. The molecule has 1 aliphatic heterocycles. The highest BCUT2D eigenvalue weighted by Gasteiger charge is 2.22. The summed E-state index contributed by atoms with van der Waals surface area (Å²) in [6.45, 7) is 3.96. The number of hydrogen-bond donors (Lipinski definition) is 0. The van der Waals surface area contributed by atoms with Gasteiger partial charge in [-0.05, 0) is 12.1 Å². The Hall–Kier alpha value is -1.99. The third kappa shape index (κ3) is 3.42. The van der Waals surface area contributed by atoms with Crippen molar-refractivity contribution < 1.29 is 4.79 Å². The molecule has 2 aromatic heterocycles. The second kappa shape index (κ2) is 6.85. The number of thiazole rings is 1. The lowest BCUT2D eigenvalue weighted by Crippen LogP contribution is -2.50. The monoisotopic (exact) mass is 317 g/mol. The lowest BCUT2D eigenvalue weighted by atomic mass is 10.3. The van der Waals surface area contributed by atoms with E-state index in [4.69, 9.17) is 0 Å². The number of anilines is 2. The van der Waals surface area contributed by atoms with E-state index in [1.165, 1.54) is 11.3 Å². The molecule has 6 nitrogen and oxygen atoms in total. The highest BCUT2D eigenvalue weighted by molar-refractivity contribution is 7.13. The van der Waals surface area contributed by atoms with Crippen LogP contribution in [0.2, 0.25) is 0 Å². The average Bonchev–Trinajstić information content (AvgIpc) is 3.10. The van der Waals surface area contributed by atoms with E-state index in [0.29, 0.717) is 6.54 Å². The predicted molar refractivity (Wildman–Crippen MR) is 88.4 cm³/mol. The van der Waals surface area contributed by atoms with Crippen LogP contribution in [-0.2, 0) is 4.79 Å². The van der Waals surface area contributed by atoms with Crippen LogP contribution in [0.15, 0.2) is 36.0 Å². The van der Waals surface area contributed by atoms with Gasteiger partial charge in [0, 0.05) is 51.0 Å². The second-order valence-corrected chi connectivity index (χ2v) is 6.09. The van der Waals surface area contributed by atoms with Crippen LogP contribution in [0.4, 0.5) is 10.9 Å². The number of likely N-dealkylation sites (N-methyl/N-ethyl adjacent to an activating group) is 1. The zero-order chi connectivity index (χ0) is 15.4. The van der Waals surface area contributed by atoms with E-state index in [0.717, 1.165) is 37.1 Å². The predicted octanol–water partition coefficient (Wildman–Crippen LogP) is 1.32. The summed E-state index contributed by atoms with van der Waals surface area (Å²) in [5.41, 5.74) is 0. The van der Waals surface area contributed by atoms with Crippen LogP contribution in [0.3, 0.4) is 0 Å². The summed E-state index contributed by atoms with van der Waals surface area (Å²) in [6, 6.07) is 5.95. The average molecular weight is 317 g/mol. The van der Waals surface area contributed by atoms with Crippen molar-refractivity contribution >= 4 is 28.2 Å². The van der Waals surface area contributed by atoms with Crippen LogP contribution >= 0.6 is 11.3 Å². The maximum absolute atomic E-state index is 12.3. The standard InChI is InChI=1S/C15H19N5OS/c1-18(15-17-6-11-22-15)14(21)12-19-7-9-20(10-8-19)13-4-2-3-5-16-13/h2-6,11H,7-10,12H2,1H3. The van der Waals surface area contributed by atoms with E-state index < -0.39 is 0 Å². The molecule has 1 aliphatic rings. The molecule has 0 N–H and O–H groups in total. The van der Waals surface area contributed by atoms with Crippen LogP contribution in [0.1, 0.15) is 0 Å². The molecular weight excluding hydrogens is 298 g/mol. The minimum atomic E-state index is 0.0845. The number of nitrogens with zero attached hydrogens (tertiary/aromatic N) is 5. The Balaban J connectivity index is 1.51. The van der Waals surface area contributed by atoms with Gasteiger partial charge in [0.2, 0.25) is 5.91 Å². The number of amides is 1. The van der Waals surface area contributed by atoms with Crippen molar-refractivity contribution in [1.82, 2.24) is 14.9 Å².